The Kier molecular flexibility index (Phi) is 4.55. The predicted molar refractivity (Wildman–Crippen MR) is 66.6 cm³/mol. The average Bonchev–Trinajstić information content (AvgIpc) is 2.73. The van der Waals surface area contributed by atoms with Crippen LogP contribution >= 0.6 is 15.9 Å². The Balaban J connectivity index is 0.000000606. The normalized spacial score (nSPS) is 9.50. The smallest absolute Gasteiger partial charge is 0.373 e. The van der Waals surface area contributed by atoms with Crippen molar-refractivity contribution < 1.29 is 13.9 Å². The molecule has 0 N–H and O–H groups in total. The topological polar surface area (TPSA) is 39.4 Å². The van der Waals surface area contributed by atoms with Crippen molar-refractivity contribution in [3.05, 3.63) is 34.5 Å². The third-order valence-electron chi connectivity index (χ3n) is 1.87. The molecule has 86 valence electrons. The second-order valence-electron chi connectivity index (χ2n) is 2.78. The van der Waals surface area contributed by atoms with Crippen molar-refractivity contribution in [1.29, 1.82) is 0 Å². The Morgan fingerprint density at radius 1 is 1.31 bits per heavy atom. The molecule has 0 saturated heterocycles. The summed E-state index contributed by atoms with van der Waals surface area (Å²) in [6.45, 7) is 4.00. The highest BCUT2D eigenvalue weighted by molar-refractivity contribution is 9.10. The van der Waals surface area contributed by atoms with Gasteiger partial charge in [-0.2, -0.15) is 0 Å². The van der Waals surface area contributed by atoms with Gasteiger partial charge in [-0.25, -0.2) is 4.79 Å². The minimum Gasteiger partial charge on any atom is -0.463 e. The molecular formula is C12H13BrO3. The second-order valence-corrected chi connectivity index (χ2v) is 3.70. The Morgan fingerprint density at radius 2 is 2.00 bits per heavy atom. The molecule has 2 rings (SSSR count). The highest BCUT2D eigenvalue weighted by atomic mass is 79.9. The Hall–Kier alpha value is -1.29. The number of ether oxygens (including phenoxy) is 1. The minimum absolute atomic E-state index is 0.223. The number of rotatable bonds is 1. The molecule has 0 spiro atoms. The summed E-state index contributed by atoms with van der Waals surface area (Å²) in [5.41, 5.74) is 0.666. The lowest BCUT2D eigenvalue weighted by Crippen LogP contribution is -1.97. The maximum Gasteiger partial charge on any atom is 0.373 e. The van der Waals surface area contributed by atoms with Crippen molar-refractivity contribution in [2.24, 2.45) is 0 Å². The van der Waals surface area contributed by atoms with Crippen LogP contribution in [0.5, 0.6) is 0 Å². The molecule has 0 saturated carbocycles. The molecule has 0 fully saturated rings. The summed E-state index contributed by atoms with van der Waals surface area (Å²) in [7, 11) is 1.32. The van der Waals surface area contributed by atoms with Crippen LogP contribution < -0.4 is 0 Å². The third-order valence-corrected chi connectivity index (χ3v) is 2.36. The van der Waals surface area contributed by atoms with Crippen LogP contribution in [-0.4, -0.2) is 13.1 Å². The number of fused-ring (bicyclic) bond motifs is 1. The molecule has 0 aliphatic carbocycles. The number of benzene rings is 1. The van der Waals surface area contributed by atoms with Gasteiger partial charge in [0.25, 0.3) is 0 Å². The minimum atomic E-state index is -0.461. The van der Waals surface area contributed by atoms with Crippen LogP contribution in [0.4, 0.5) is 0 Å². The van der Waals surface area contributed by atoms with Crippen molar-refractivity contribution in [3.63, 3.8) is 0 Å². The maximum atomic E-state index is 11.1. The zero-order valence-corrected chi connectivity index (χ0v) is 11.0. The van der Waals surface area contributed by atoms with Gasteiger partial charge < -0.3 is 9.15 Å². The molecule has 0 amide bonds. The highest BCUT2D eigenvalue weighted by Gasteiger charge is 2.11. The first kappa shape index (κ1) is 12.8. The zero-order valence-electron chi connectivity index (χ0n) is 9.41. The van der Waals surface area contributed by atoms with Gasteiger partial charge in [0.1, 0.15) is 5.58 Å². The molecule has 1 aromatic carbocycles. The Bertz CT molecular complexity index is 488. The van der Waals surface area contributed by atoms with E-state index in [2.05, 4.69) is 20.7 Å². The summed E-state index contributed by atoms with van der Waals surface area (Å²) in [4.78, 5) is 11.1. The maximum absolute atomic E-state index is 11.1. The van der Waals surface area contributed by atoms with E-state index in [1.54, 1.807) is 6.07 Å². The summed E-state index contributed by atoms with van der Waals surface area (Å²) in [6, 6.07) is 7.23. The first-order valence-corrected chi connectivity index (χ1v) is 5.77. The molecule has 3 nitrogen and oxygen atoms in total. The summed E-state index contributed by atoms with van der Waals surface area (Å²) in [6.07, 6.45) is 0. The van der Waals surface area contributed by atoms with Gasteiger partial charge in [-0.15, -0.1) is 0 Å². The first-order valence-electron chi connectivity index (χ1n) is 4.98. The molecule has 0 aliphatic rings. The number of methoxy groups -OCH3 is 1. The molecule has 0 unspecified atom stereocenters. The van der Waals surface area contributed by atoms with Crippen LogP contribution in [0.15, 0.2) is 33.2 Å². The largest absolute Gasteiger partial charge is 0.463 e. The fraction of sp³-hybridized carbons (Fsp3) is 0.250. The van der Waals surface area contributed by atoms with Gasteiger partial charge in [0, 0.05) is 9.86 Å². The number of esters is 1. The van der Waals surface area contributed by atoms with E-state index in [4.69, 9.17) is 4.42 Å². The first-order chi connectivity index (χ1) is 7.70. The second kappa shape index (κ2) is 5.70. The SMILES string of the molecule is CC.COC(=O)c1cc2ccc(Br)cc2o1. The van der Waals surface area contributed by atoms with E-state index in [9.17, 15) is 4.79 Å². The zero-order chi connectivity index (χ0) is 12.1. The van der Waals surface area contributed by atoms with Gasteiger partial charge >= 0.3 is 5.97 Å². The van der Waals surface area contributed by atoms with Crippen molar-refractivity contribution in [2.75, 3.05) is 7.11 Å². The fourth-order valence-corrected chi connectivity index (χ4v) is 1.55. The number of hydrogen-bond donors (Lipinski definition) is 0. The summed E-state index contributed by atoms with van der Waals surface area (Å²) < 4.78 is 10.8. The molecule has 4 heteroatoms. The van der Waals surface area contributed by atoms with Crippen LogP contribution in [-0.2, 0) is 4.74 Å². The van der Waals surface area contributed by atoms with Crippen molar-refractivity contribution in [3.8, 4) is 0 Å². The van der Waals surface area contributed by atoms with Crippen molar-refractivity contribution in [2.45, 2.75) is 13.8 Å². The van der Waals surface area contributed by atoms with E-state index in [-0.39, 0.29) is 5.76 Å². The molecule has 0 bridgehead atoms. The van der Waals surface area contributed by atoms with Gasteiger partial charge in [0.15, 0.2) is 0 Å². The lowest BCUT2D eigenvalue weighted by molar-refractivity contribution is 0.0567. The standard InChI is InChI=1S/C10H7BrO3.C2H6/c1-13-10(12)9-4-6-2-3-7(11)5-8(6)14-9;1-2/h2-5H,1H3;1-2H3. The lowest BCUT2D eigenvalue weighted by Gasteiger charge is -1.91. The number of halogens is 1. The summed E-state index contributed by atoms with van der Waals surface area (Å²) in [5, 5.41) is 0.883. The summed E-state index contributed by atoms with van der Waals surface area (Å²) >= 11 is 3.32. The van der Waals surface area contributed by atoms with Crippen LogP contribution in [0.1, 0.15) is 24.4 Å². The van der Waals surface area contributed by atoms with Gasteiger partial charge in [-0.1, -0.05) is 29.8 Å². The average molecular weight is 285 g/mol. The highest BCUT2D eigenvalue weighted by Crippen LogP contribution is 2.23. The number of furan rings is 1. The fourth-order valence-electron chi connectivity index (χ4n) is 1.21. The van der Waals surface area contributed by atoms with Crippen LogP contribution in [0.2, 0.25) is 0 Å². The summed E-state index contributed by atoms with van der Waals surface area (Å²) in [5.74, 6) is -0.238. The van der Waals surface area contributed by atoms with E-state index in [0.717, 1.165) is 9.86 Å². The van der Waals surface area contributed by atoms with E-state index in [1.165, 1.54) is 7.11 Å². The molecule has 1 aromatic heterocycles. The molecular weight excluding hydrogens is 272 g/mol. The molecule has 0 aliphatic heterocycles. The van der Waals surface area contributed by atoms with Crippen molar-refractivity contribution >= 4 is 32.9 Å². The lowest BCUT2D eigenvalue weighted by atomic mass is 10.2. The molecule has 0 atom stereocenters. The Labute approximate surface area is 103 Å². The van der Waals surface area contributed by atoms with E-state index < -0.39 is 5.97 Å². The molecule has 1 heterocycles. The molecule has 16 heavy (non-hydrogen) atoms. The number of carbonyl (C=O) groups is 1. The number of carbonyl (C=O) groups excluding carboxylic acids is 1. The Morgan fingerprint density at radius 3 is 2.62 bits per heavy atom. The monoisotopic (exact) mass is 284 g/mol. The number of hydrogen-bond acceptors (Lipinski definition) is 3. The predicted octanol–water partition coefficient (Wildman–Crippen LogP) is 4.01. The van der Waals surface area contributed by atoms with E-state index in [1.807, 2.05) is 32.0 Å². The molecule has 2 aromatic rings. The van der Waals surface area contributed by atoms with Crippen LogP contribution in [0.3, 0.4) is 0 Å². The van der Waals surface area contributed by atoms with Crippen LogP contribution in [0.25, 0.3) is 11.0 Å². The molecule has 0 radical (unpaired) electrons. The van der Waals surface area contributed by atoms with E-state index in [0.29, 0.717) is 5.58 Å². The van der Waals surface area contributed by atoms with Crippen molar-refractivity contribution in [1.82, 2.24) is 0 Å². The van der Waals surface area contributed by atoms with E-state index >= 15 is 0 Å². The third kappa shape index (κ3) is 2.64. The quantitative estimate of drug-likeness (QED) is 0.743. The van der Waals surface area contributed by atoms with Gasteiger partial charge in [0.2, 0.25) is 5.76 Å². The van der Waals surface area contributed by atoms with Crippen LogP contribution in [0, 0.1) is 0 Å². The van der Waals surface area contributed by atoms with Gasteiger partial charge in [-0.05, 0) is 24.3 Å². The van der Waals surface area contributed by atoms with Gasteiger partial charge in [-0.3, -0.25) is 0 Å². The van der Waals surface area contributed by atoms with Gasteiger partial charge in [0.05, 0.1) is 7.11 Å².